The number of ether oxygens (including phenoxy) is 2. The average Bonchev–Trinajstić information content (AvgIpc) is 2.92. The van der Waals surface area contributed by atoms with Crippen molar-refractivity contribution in [2.45, 2.75) is 31.8 Å². The third-order valence-electron chi connectivity index (χ3n) is 4.14. The highest BCUT2D eigenvalue weighted by Gasteiger charge is 2.40. The van der Waals surface area contributed by atoms with Gasteiger partial charge < -0.3 is 9.47 Å². The van der Waals surface area contributed by atoms with Gasteiger partial charge >= 0.3 is 0 Å². The lowest BCUT2D eigenvalue weighted by atomic mass is 9.86. The minimum atomic E-state index is -0.643. The highest BCUT2D eigenvalue weighted by molar-refractivity contribution is 7.17. The molecule has 0 spiro atoms. The first kappa shape index (κ1) is 14.7. The highest BCUT2D eigenvalue weighted by Crippen LogP contribution is 2.31. The van der Waals surface area contributed by atoms with Crippen LogP contribution in [0.25, 0.3) is 10.1 Å². The molecule has 3 rings (SSSR count). The van der Waals surface area contributed by atoms with Crippen LogP contribution in [0.15, 0.2) is 29.6 Å². The number of fused-ring (bicyclic) bond motifs is 1. The molecule has 0 amide bonds. The van der Waals surface area contributed by atoms with Gasteiger partial charge in [-0.3, -0.25) is 4.79 Å². The van der Waals surface area contributed by atoms with E-state index in [9.17, 15) is 4.79 Å². The maximum absolute atomic E-state index is 12.8. The molecule has 112 valence electrons. The molecule has 3 nitrogen and oxygen atoms in total. The summed E-state index contributed by atoms with van der Waals surface area (Å²) in [5, 5.41) is 3.29. The van der Waals surface area contributed by atoms with Crippen molar-refractivity contribution in [3.05, 3.63) is 35.2 Å². The van der Waals surface area contributed by atoms with Gasteiger partial charge in [-0.25, -0.2) is 0 Å². The van der Waals surface area contributed by atoms with Gasteiger partial charge in [-0.15, -0.1) is 11.3 Å². The average molecular weight is 304 g/mol. The van der Waals surface area contributed by atoms with Gasteiger partial charge in [0.25, 0.3) is 0 Å². The van der Waals surface area contributed by atoms with Gasteiger partial charge in [-0.1, -0.05) is 18.2 Å². The smallest absolute Gasteiger partial charge is 0.169 e. The molecule has 1 aliphatic heterocycles. The van der Waals surface area contributed by atoms with Crippen molar-refractivity contribution in [1.29, 1.82) is 0 Å². The first-order valence-corrected chi connectivity index (χ1v) is 8.33. The summed E-state index contributed by atoms with van der Waals surface area (Å²) in [6, 6.07) is 8.24. The second kappa shape index (κ2) is 6.26. The van der Waals surface area contributed by atoms with Crippen LogP contribution in [-0.2, 0) is 20.7 Å². The maximum atomic E-state index is 12.8. The Labute approximate surface area is 128 Å². The zero-order valence-corrected chi connectivity index (χ0v) is 13.1. The summed E-state index contributed by atoms with van der Waals surface area (Å²) in [4.78, 5) is 12.8. The van der Waals surface area contributed by atoms with E-state index in [-0.39, 0.29) is 5.78 Å². The number of Topliss-reactive ketones (excluding diaryl/α,β-unsaturated/α-hetero) is 1. The minimum Gasteiger partial charge on any atom is -0.381 e. The SMILES string of the molecule is CCOC1(C(=O)Cc2csc3ccccc23)CCOCC1. The second-order valence-corrected chi connectivity index (χ2v) is 6.31. The normalized spacial score (nSPS) is 18.0. The van der Waals surface area contributed by atoms with Gasteiger partial charge in [0.05, 0.1) is 0 Å². The van der Waals surface area contributed by atoms with Crippen molar-refractivity contribution in [3.63, 3.8) is 0 Å². The molecule has 0 bridgehead atoms. The van der Waals surface area contributed by atoms with Crippen molar-refractivity contribution in [1.82, 2.24) is 0 Å². The van der Waals surface area contributed by atoms with Crippen molar-refractivity contribution in [3.8, 4) is 0 Å². The van der Waals surface area contributed by atoms with Crippen LogP contribution in [0, 0.1) is 0 Å². The van der Waals surface area contributed by atoms with E-state index in [0.717, 1.165) is 5.56 Å². The zero-order valence-electron chi connectivity index (χ0n) is 12.3. The largest absolute Gasteiger partial charge is 0.381 e. The Balaban J connectivity index is 1.84. The molecule has 21 heavy (non-hydrogen) atoms. The lowest BCUT2D eigenvalue weighted by Crippen LogP contribution is -2.47. The summed E-state index contributed by atoms with van der Waals surface area (Å²) in [6.07, 6.45) is 1.79. The van der Waals surface area contributed by atoms with Gasteiger partial charge in [0.2, 0.25) is 0 Å². The van der Waals surface area contributed by atoms with Gasteiger partial charge in [-0.2, -0.15) is 0 Å². The Morgan fingerprint density at radius 2 is 2.10 bits per heavy atom. The fourth-order valence-corrected chi connectivity index (χ4v) is 3.95. The van der Waals surface area contributed by atoms with E-state index in [4.69, 9.17) is 9.47 Å². The molecule has 2 heterocycles. The fraction of sp³-hybridized carbons (Fsp3) is 0.471. The molecule has 1 fully saturated rings. The maximum Gasteiger partial charge on any atom is 0.169 e. The number of hydrogen-bond acceptors (Lipinski definition) is 4. The number of ketones is 1. The van der Waals surface area contributed by atoms with Crippen molar-refractivity contribution < 1.29 is 14.3 Å². The molecule has 1 aromatic heterocycles. The molecular weight excluding hydrogens is 284 g/mol. The molecule has 0 atom stereocenters. The molecule has 4 heteroatoms. The molecule has 1 aromatic carbocycles. The molecule has 0 N–H and O–H groups in total. The highest BCUT2D eigenvalue weighted by atomic mass is 32.1. The summed E-state index contributed by atoms with van der Waals surface area (Å²) in [7, 11) is 0. The summed E-state index contributed by atoms with van der Waals surface area (Å²) in [6.45, 7) is 3.73. The minimum absolute atomic E-state index is 0.191. The Bertz CT molecular complexity index is 620. The van der Waals surface area contributed by atoms with Crippen LogP contribution in [0.2, 0.25) is 0 Å². The monoisotopic (exact) mass is 304 g/mol. The Morgan fingerprint density at radius 1 is 1.33 bits per heavy atom. The summed E-state index contributed by atoms with van der Waals surface area (Å²) in [5.41, 5.74) is 0.474. The molecular formula is C17H20O3S. The van der Waals surface area contributed by atoms with Gasteiger partial charge in [0, 0.05) is 43.8 Å². The van der Waals surface area contributed by atoms with Crippen LogP contribution in [0.5, 0.6) is 0 Å². The van der Waals surface area contributed by atoms with Crippen LogP contribution in [0.4, 0.5) is 0 Å². The molecule has 0 unspecified atom stereocenters. The predicted molar refractivity (Wildman–Crippen MR) is 84.9 cm³/mol. The van der Waals surface area contributed by atoms with Gasteiger partial charge in [0.15, 0.2) is 5.78 Å². The summed E-state index contributed by atoms with van der Waals surface area (Å²) < 4.78 is 12.5. The van der Waals surface area contributed by atoms with Crippen LogP contribution >= 0.6 is 11.3 Å². The third kappa shape index (κ3) is 2.89. The van der Waals surface area contributed by atoms with Crippen LogP contribution in [0.1, 0.15) is 25.3 Å². The molecule has 0 saturated carbocycles. The van der Waals surface area contributed by atoms with Crippen molar-refractivity contribution in [2.75, 3.05) is 19.8 Å². The molecule has 1 saturated heterocycles. The number of rotatable bonds is 5. The third-order valence-corrected chi connectivity index (χ3v) is 5.15. The van der Waals surface area contributed by atoms with Crippen LogP contribution in [0.3, 0.4) is 0 Å². The molecule has 2 aromatic rings. The number of hydrogen-bond donors (Lipinski definition) is 0. The quantitative estimate of drug-likeness (QED) is 0.846. The van der Waals surface area contributed by atoms with Crippen molar-refractivity contribution >= 4 is 27.2 Å². The van der Waals surface area contributed by atoms with E-state index in [0.29, 0.717) is 39.1 Å². The van der Waals surface area contributed by atoms with E-state index in [1.807, 2.05) is 19.1 Å². The predicted octanol–water partition coefficient (Wildman–Crippen LogP) is 3.60. The Kier molecular flexibility index (Phi) is 4.38. The second-order valence-electron chi connectivity index (χ2n) is 5.40. The standard InChI is InChI=1S/C17H20O3S/c1-2-20-17(7-9-19-10-8-17)16(18)11-13-12-21-15-6-4-3-5-14(13)15/h3-6,12H,2,7-11H2,1H3. The van der Waals surface area contributed by atoms with Gasteiger partial charge in [0.1, 0.15) is 5.60 Å². The Morgan fingerprint density at radius 3 is 2.86 bits per heavy atom. The molecule has 0 aliphatic carbocycles. The zero-order chi connectivity index (χ0) is 14.7. The topological polar surface area (TPSA) is 35.5 Å². The van der Waals surface area contributed by atoms with E-state index in [1.165, 1.54) is 10.1 Å². The first-order chi connectivity index (χ1) is 10.2. The Hall–Kier alpha value is -1.23. The lowest BCUT2D eigenvalue weighted by molar-refractivity contribution is -0.156. The van der Waals surface area contributed by atoms with Crippen LogP contribution < -0.4 is 0 Å². The fourth-order valence-electron chi connectivity index (χ4n) is 2.98. The first-order valence-electron chi connectivity index (χ1n) is 7.45. The van der Waals surface area contributed by atoms with E-state index in [1.54, 1.807) is 11.3 Å². The summed E-state index contributed by atoms with van der Waals surface area (Å²) >= 11 is 1.70. The molecule has 1 aliphatic rings. The number of carbonyl (C=O) groups is 1. The number of carbonyl (C=O) groups excluding carboxylic acids is 1. The van der Waals surface area contributed by atoms with E-state index >= 15 is 0 Å². The van der Waals surface area contributed by atoms with Crippen LogP contribution in [-0.4, -0.2) is 31.2 Å². The lowest BCUT2D eigenvalue weighted by Gasteiger charge is -2.35. The van der Waals surface area contributed by atoms with Crippen molar-refractivity contribution in [2.24, 2.45) is 0 Å². The van der Waals surface area contributed by atoms with E-state index < -0.39 is 5.60 Å². The van der Waals surface area contributed by atoms with E-state index in [2.05, 4.69) is 17.5 Å². The summed E-state index contributed by atoms with van der Waals surface area (Å²) in [5.74, 6) is 0.191. The number of thiophene rings is 1. The number of benzene rings is 1. The van der Waals surface area contributed by atoms with Gasteiger partial charge in [-0.05, 0) is 29.3 Å². The molecule has 0 radical (unpaired) electrons.